The SMILES string of the molecule is COC(=O)C1(c2cccc(OC)c2)CCN(C(=O)OC(C)(C)C)CC1. The van der Waals surface area contributed by atoms with Gasteiger partial charge in [-0.05, 0) is 51.3 Å². The standard InChI is InChI=1S/C19H27NO5/c1-18(2,3)25-17(22)20-11-9-19(10-12-20,16(21)24-5)14-7-6-8-15(13-14)23-4/h6-8,13H,9-12H2,1-5H3. The predicted molar refractivity (Wildman–Crippen MR) is 93.7 cm³/mol. The van der Waals surface area contributed by atoms with Gasteiger partial charge in [0, 0.05) is 13.1 Å². The van der Waals surface area contributed by atoms with Crippen molar-refractivity contribution in [3.63, 3.8) is 0 Å². The quantitative estimate of drug-likeness (QED) is 0.785. The fourth-order valence-corrected chi connectivity index (χ4v) is 3.12. The number of amides is 1. The monoisotopic (exact) mass is 349 g/mol. The first kappa shape index (κ1) is 19.1. The summed E-state index contributed by atoms with van der Waals surface area (Å²) in [6, 6.07) is 7.46. The minimum absolute atomic E-state index is 0.287. The van der Waals surface area contributed by atoms with Crippen molar-refractivity contribution in [3.8, 4) is 5.75 Å². The van der Waals surface area contributed by atoms with Gasteiger partial charge in [0.05, 0.1) is 19.6 Å². The molecule has 1 heterocycles. The van der Waals surface area contributed by atoms with E-state index in [1.807, 2.05) is 45.0 Å². The molecule has 1 aliphatic heterocycles. The van der Waals surface area contributed by atoms with Crippen molar-refractivity contribution in [2.75, 3.05) is 27.3 Å². The molecule has 0 saturated carbocycles. The van der Waals surface area contributed by atoms with Crippen LogP contribution in [-0.2, 0) is 19.7 Å². The summed E-state index contributed by atoms with van der Waals surface area (Å²) in [5, 5.41) is 0. The van der Waals surface area contributed by atoms with Gasteiger partial charge in [-0.2, -0.15) is 0 Å². The highest BCUT2D eigenvalue weighted by atomic mass is 16.6. The van der Waals surface area contributed by atoms with E-state index in [4.69, 9.17) is 14.2 Å². The number of piperidine rings is 1. The Morgan fingerprint density at radius 3 is 2.28 bits per heavy atom. The number of likely N-dealkylation sites (tertiary alicyclic amines) is 1. The first-order chi connectivity index (χ1) is 11.7. The second-order valence-corrected chi connectivity index (χ2v) is 7.27. The van der Waals surface area contributed by atoms with Gasteiger partial charge in [0.1, 0.15) is 11.4 Å². The highest BCUT2D eigenvalue weighted by Gasteiger charge is 2.45. The van der Waals surface area contributed by atoms with E-state index < -0.39 is 11.0 Å². The van der Waals surface area contributed by atoms with Crippen molar-refractivity contribution >= 4 is 12.1 Å². The molecule has 1 fully saturated rings. The molecule has 25 heavy (non-hydrogen) atoms. The van der Waals surface area contributed by atoms with Crippen LogP contribution in [0.15, 0.2) is 24.3 Å². The van der Waals surface area contributed by atoms with Crippen molar-refractivity contribution in [3.05, 3.63) is 29.8 Å². The Morgan fingerprint density at radius 1 is 1.12 bits per heavy atom. The molecule has 0 aliphatic carbocycles. The van der Waals surface area contributed by atoms with Crippen molar-refractivity contribution < 1.29 is 23.8 Å². The zero-order chi connectivity index (χ0) is 18.7. The van der Waals surface area contributed by atoms with Gasteiger partial charge in [0.15, 0.2) is 0 Å². The van der Waals surface area contributed by atoms with E-state index in [0.29, 0.717) is 31.7 Å². The second-order valence-electron chi connectivity index (χ2n) is 7.27. The van der Waals surface area contributed by atoms with Crippen LogP contribution in [0, 0.1) is 0 Å². The maximum atomic E-state index is 12.6. The van der Waals surface area contributed by atoms with E-state index in [0.717, 1.165) is 5.56 Å². The first-order valence-corrected chi connectivity index (χ1v) is 8.43. The molecule has 0 spiro atoms. The van der Waals surface area contributed by atoms with Crippen molar-refractivity contribution in [2.45, 2.75) is 44.6 Å². The average Bonchev–Trinajstić information content (AvgIpc) is 2.59. The molecule has 138 valence electrons. The summed E-state index contributed by atoms with van der Waals surface area (Å²) < 4.78 is 15.8. The van der Waals surface area contributed by atoms with E-state index in [1.54, 1.807) is 12.0 Å². The Balaban J connectivity index is 2.22. The summed E-state index contributed by atoms with van der Waals surface area (Å²) in [6.45, 7) is 6.37. The summed E-state index contributed by atoms with van der Waals surface area (Å²) in [5.74, 6) is 0.403. The lowest BCUT2D eigenvalue weighted by Gasteiger charge is -2.40. The molecule has 0 radical (unpaired) electrons. The smallest absolute Gasteiger partial charge is 0.410 e. The zero-order valence-electron chi connectivity index (χ0n) is 15.6. The van der Waals surface area contributed by atoms with Gasteiger partial charge in [-0.3, -0.25) is 4.79 Å². The molecule has 1 aromatic rings. The third-order valence-corrected chi connectivity index (χ3v) is 4.47. The maximum absolute atomic E-state index is 12.6. The summed E-state index contributed by atoms with van der Waals surface area (Å²) in [4.78, 5) is 26.5. The van der Waals surface area contributed by atoms with Crippen LogP contribution in [0.25, 0.3) is 0 Å². The average molecular weight is 349 g/mol. The molecule has 1 saturated heterocycles. The minimum Gasteiger partial charge on any atom is -0.497 e. The lowest BCUT2D eigenvalue weighted by molar-refractivity contribution is -0.149. The summed E-state index contributed by atoms with van der Waals surface area (Å²) in [5.41, 5.74) is -0.467. The zero-order valence-corrected chi connectivity index (χ0v) is 15.6. The molecule has 1 aromatic carbocycles. The molecule has 0 N–H and O–H groups in total. The molecule has 1 amide bonds. The van der Waals surface area contributed by atoms with Gasteiger partial charge in [-0.15, -0.1) is 0 Å². The Labute approximate surface area is 149 Å². The van der Waals surface area contributed by atoms with E-state index in [-0.39, 0.29) is 12.1 Å². The van der Waals surface area contributed by atoms with Crippen molar-refractivity contribution in [1.82, 2.24) is 4.90 Å². The number of benzene rings is 1. The fourth-order valence-electron chi connectivity index (χ4n) is 3.12. The third-order valence-electron chi connectivity index (χ3n) is 4.47. The van der Waals surface area contributed by atoms with Gasteiger partial charge >= 0.3 is 12.1 Å². The van der Waals surface area contributed by atoms with Crippen LogP contribution < -0.4 is 4.74 Å². The van der Waals surface area contributed by atoms with Crippen LogP contribution in [0.2, 0.25) is 0 Å². The molecule has 0 aromatic heterocycles. The van der Waals surface area contributed by atoms with Crippen molar-refractivity contribution in [1.29, 1.82) is 0 Å². The van der Waals surface area contributed by atoms with Gasteiger partial charge in [-0.25, -0.2) is 4.79 Å². The van der Waals surface area contributed by atoms with Gasteiger partial charge in [0.2, 0.25) is 0 Å². The van der Waals surface area contributed by atoms with E-state index in [1.165, 1.54) is 7.11 Å². The molecule has 0 bridgehead atoms. The lowest BCUT2D eigenvalue weighted by Crippen LogP contribution is -2.50. The molecular formula is C19H27NO5. The summed E-state index contributed by atoms with van der Waals surface area (Å²) in [7, 11) is 2.99. The van der Waals surface area contributed by atoms with Gasteiger partial charge in [-0.1, -0.05) is 12.1 Å². The Morgan fingerprint density at radius 2 is 1.76 bits per heavy atom. The van der Waals surface area contributed by atoms with Gasteiger partial charge in [0.25, 0.3) is 0 Å². The number of nitrogens with zero attached hydrogens (tertiary/aromatic N) is 1. The van der Waals surface area contributed by atoms with Crippen LogP contribution in [0.5, 0.6) is 5.75 Å². The van der Waals surface area contributed by atoms with Gasteiger partial charge < -0.3 is 19.1 Å². The summed E-state index contributed by atoms with van der Waals surface area (Å²) in [6.07, 6.45) is 0.606. The summed E-state index contributed by atoms with van der Waals surface area (Å²) >= 11 is 0. The third kappa shape index (κ3) is 4.24. The highest BCUT2D eigenvalue weighted by molar-refractivity contribution is 5.84. The molecule has 1 aliphatic rings. The molecule has 6 heteroatoms. The predicted octanol–water partition coefficient (Wildman–Crippen LogP) is 3.14. The van der Waals surface area contributed by atoms with Crippen LogP contribution in [0.3, 0.4) is 0 Å². The molecule has 2 rings (SSSR count). The Bertz CT molecular complexity index is 627. The number of hydrogen-bond donors (Lipinski definition) is 0. The Kier molecular flexibility index (Phi) is 5.60. The van der Waals surface area contributed by atoms with Crippen LogP contribution in [0.4, 0.5) is 4.79 Å². The number of ether oxygens (including phenoxy) is 3. The second kappa shape index (κ2) is 7.33. The minimum atomic E-state index is -0.776. The van der Waals surface area contributed by atoms with Crippen LogP contribution in [0.1, 0.15) is 39.2 Å². The number of methoxy groups -OCH3 is 2. The lowest BCUT2D eigenvalue weighted by atomic mass is 9.72. The number of carbonyl (C=O) groups is 2. The van der Waals surface area contributed by atoms with E-state index in [9.17, 15) is 9.59 Å². The number of hydrogen-bond acceptors (Lipinski definition) is 5. The van der Waals surface area contributed by atoms with E-state index >= 15 is 0 Å². The Hall–Kier alpha value is -2.24. The molecular weight excluding hydrogens is 322 g/mol. The largest absolute Gasteiger partial charge is 0.497 e. The molecule has 6 nitrogen and oxygen atoms in total. The first-order valence-electron chi connectivity index (χ1n) is 8.43. The van der Waals surface area contributed by atoms with Crippen LogP contribution >= 0.6 is 0 Å². The van der Waals surface area contributed by atoms with E-state index in [2.05, 4.69) is 0 Å². The normalized spacial score (nSPS) is 16.9. The fraction of sp³-hybridized carbons (Fsp3) is 0.579. The topological polar surface area (TPSA) is 65.1 Å². The number of rotatable bonds is 3. The molecule has 0 atom stereocenters. The highest BCUT2D eigenvalue weighted by Crippen LogP contribution is 2.38. The maximum Gasteiger partial charge on any atom is 0.410 e. The molecule has 0 unspecified atom stereocenters. The van der Waals surface area contributed by atoms with Crippen molar-refractivity contribution in [2.24, 2.45) is 0 Å². The van der Waals surface area contributed by atoms with Crippen LogP contribution in [-0.4, -0.2) is 49.9 Å². The number of carbonyl (C=O) groups excluding carboxylic acids is 2. The number of esters is 1.